The highest BCUT2D eigenvalue weighted by atomic mass is 35.5. The first kappa shape index (κ1) is 19.0. The molecular formula is C17H16ClNO5S. The molecule has 0 aliphatic heterocycles. The molecular weight excluding hydrogens is 366 g/mol. The number of nitrogens with one attached hydrogen (secondary N) is 1. The molecule has 0 fully saturated rings. The van der Waals surface area contributed by atoms with Crippen LogP contribution < -0.4 is 10.1 Å². The number of carbonyl (C=O) groups excluding carboxylic acids is 3. The van der Waals surface area contributed by atoms with Gasteiger partial charge in [-0.15, -0.1) is 11.3 Å². The first-order chi connectivity index (χ1) is 11.9. The van der Waals surface area contributed by atoms with Crippen molar-refractivity contribution in [2.24, 2.45) is 0 Å². The summed E-state index contributed by atoms with van der Waals surface area (Å²) in [5.74, 6) is -1.03. The van der Waals surface area contributed by atoms with Crippen molar-refractivity contribution in [1.82, 2.24) is 5.32 Å². The molecule has 2 rings (SSSR count). The fourth-order valence-electron chi connectivity index (χ4n) is 1.92. The smallest absolute Gasteiger partial charge is 0.328 e. The van der Waals surface area contributed by atoms with E-state index in [4.69, 9.17) is 21.1 Å². The summed E-state index contributed by atoms with van der Waals surface area (Å²) in [6, 6.07) is 7.04. The molecule has 1 heterocycles. The van der Waals surface area contributed by atoms with Gasteiger partial charge < -0.3 is 14.8 Å². The van der Waals surface area contributed by atoms with Crippen molar-refractivity contribution in [2.75, 3.05) is 13.7 Å². The zero-order valence-electron chi connectivity index (χ0n) is 13.6. The van der Waals surface area contributed by atoms with Crippen molar-refractivity contribution in [3.05, 3.63) is 51.2 Å². The van der Waals surface area contributed by atoms with Crippen LogP contribution in [0, 0.1) is 0 Å². The van der Waals surface area contributed by atoms with E-state index in [0.717, 1.165) is 0 Å². The highest BCUT2D eigenvalue weighted by Crippen LogP contribution is 2.25. The summed E-state index contributed by atoms with van der Waals surface area (Å²) in [7, 11) is 1.47. The van der Waals surface area contributed by atoms with E-state index in [1.807, 2.05) is 0 Å². The van der Waals surface area contributed by atoms with E-state index >= 15 is 0 Å². The predicted octanol–water partition coefficient (Wildman–Crippen LogP) is 2.95. The van der Waals surface area contributed by atoms with Crippen molar-refractivity contribution < 1.29 is 23.9 Å². The molecule has 0 aliphatic rings. The standard InChI is InChI=1S/C17H16ClNO5S/c1-10(19-16(21)15-4-3-7-25-15)17(22)24-9-13(20)11-5-6-14(23-2)12(18)8-11/h3-8,10H,9H2,1-2H3,(H,19,21). The largest absolute Gasteiger partial charge is 0.495 e. The van der Waals surface area contributed by atoms with Crippen LogP contribution in [0.3, 0.4) is 0 Å². The zero-order valence-corrected chi connectivity index (χ0v) is 15.1. The van der Waals surface area contributed by atoms with Crippen LogP contribution in [0.1, 0.15) is 27.0 Å². The Balaban J connectivity index is 1.87. The highest BCUT2D eigenvalue weighted by Gasteiger charge is 2.20. The van der Waals surface area contributed by atoms with E-state index in [1.165, 1.54) is 37.5 Å². The number of carbonyl (C=O) groups is 3. The fourth-order valence-corrected chi connectivity index (χ4v) is 2.80. The van der Waals surface area contributed by atoms with Crippen LogP contribution in [-0.4, -0.2) is 37.4 Å². The summed E-state index contributed by atoms with van der Waals surface area (Å²) >= 11 is 7.22. The third-order valence-corrected chi connectivity index (χ3v) is 4.43. The number of esters is 1. The molecule has 1 N–H and O–H groups in total. The molecule has 1 amide bonds. The average molecular weight is 382 g/mol. The van der Waals surface area contributed by atoms with Gasteiger partial charge in [0, 0.05) is 5.56 Å². The maximum Gasteiger partial charge on any atom is 0.328 e. The van der Waals surface area contributed by atoms with E-state index in [2.05, 4.69) is 5.32 Å². The average Bonchev–Trinajstić information content (AvgIpc) is 3.13. The Morgan fingerprint density at radius 3 is 2.64 bits per heavy atom. The van der Waals surface area contributed by atoms with Crippen molar-refractivity contribution >= 4 is 40.6 Å². The molecule has 0 saturated carbocycles. The van der Waals surface area contributed by atoms with E-state index in [9.17, 15) is 14.4 Å². The van der Waals surface area contributed by atoms with Gasteiger partial charge in [-0.05, 0) is 36.6 Å². The topological polar surface area (TPSA) is 81.7 Å². The molecule has 8 heteroatoms. The first-order valence-electron chi connectivity index (χ1n) is 7.30. The summed E-state index contributed by atoms with van der Waals surface area (Å²) in [6.45, 7) is 1.04. The van der Waals surface area contributed by atoms with E-state index in [-0.39, 0.29) is 10.9 Å². The zero-order chi connectivity index (χ0) is 18.4. The molecule has 0 aliphatic carbocycles. The molecule has 0 saturated heterocycles. The highest BCUT2D eigenvalue weighted by molar-refractivity contribution is 7.12. The van der Waals surface area contributed by atoms with Crippen LogP contribution in [0.25, 0.3) is 0 Å². The lowest BCUT2D eigenvalue weighted by Gasteiger charge is -2.12. The quantitative estimate of drug-likeness (QED) is 0.589. The molecule has 0 spiro atoms. The third kappa shape index (κ3) is 5.04. The van der Waals surface area contributed by atoms with Crippen LogP contribution in [-0.2, 0) is 9.53 Å². The fraction of sp³-hybridized carbons (Fsp3) is 0.235. The van der Waals surface area contributed by atoms with Crippen LogP contribution in [0.4, 0.5) is 0 Å². The summed E-state index contributed by atoms with van der Waals surface area (Å²) < 4.78 is 9.97. The van der Waals surface area contributed by atoms with Gasteiger partial charge in [-0.25, -0.2) is 4.79 Å². The van der Waals surface area contributed by atoms with Gasteiger partial charge in [-0.2, -0.15) is 0 Å². The maximum atomic E-state index is 12.1. The van der Waals surface area contributed by atoms with Crippen molar-refractivity contribution in [2.45, 2.75) is 13.0 Å². The Morgan fingerprint density at radius 2 is 2.04 bits per heavy atom. The van der Waals surface area contributed by atoms with Gasteiger partial charge in [0.15, 0.2) is 12.4 Å². The Hall–Kier alpha value is -2.38. The number of thiophene rings is 1. The van der Waals surface area contributed by atoms with Crippen LogP contribution in [0.5, 0.6) is 5.75 Å². The lowest BCUT2D eigenvalue weighted by molar-refractivity contribution is -0.144. The van der Waals surface area contributed by atoms with E-state index in [1.54, 1.807) is 23.6 Å². The summed E-state index contributed by atoms with van der Waals surface area (Å²) in [4.78, 5) is 36.4. The summed E-state index contributed by atoms with van der Waals surface area (Å²) in [5, 5.41) is 4.57. The van der Waals surface area contributed by atoms with E-state index < -0.39 is 24.4 Å². The lowest BCUT2D eigenvalue weighted by atomic mass is 10.1. The molecule has 1 atom stereocenters. The second kappa shape index (κ2) is 8.64. The molecule has 25 heavy (non-hydrogen) atoms. The SMILES string of the molecule is COc1ccc(C(=O)COC(=O)C(C)NC(=O)c2cccs2)cc1Cl. The molecule has 0 radical (unpaired) electrons. The van der Waals surface area contributed by atoms with Gasteiger partial charge in [-0.3, -0.25) is 9.59 Å². The Morgan fingerprint density at radius 1 is 1.28 bits per heavy atom. The molecule has 6 nitrogen and oxygen atoms in total. The Bertz CT molecular complexity index is 775. The second-order valence-corrected chi connectivity index (χ2v) is 6.41. The molecule has 0 bridgehead atoms. The van der Waals surface area contributed by atoms with Crippen LogP contribution in [0.2, 0.25) is 5.02 Å². The number of ketones is 1. The third-order valence-electron chi connectivity index (χ3n) is 3.27. The number of amides is 1. The Kier molecular flexibility index (Phi) is 6.55. The first-order valence-corrected chi connectivity index (χ1v) is 8.56. The van der Waals surface area contributed by atoms with Gasteiger partial charge in [0.1, 0.15) is 11.8 Å². The van der Waals surface area contributed by atoms with Gasteiger partial charge in [0.25, 0.3) is 5.91 Å². The predicted molar refractivity (Wildman–Crippen MR) is 94.5 cm³/mol. The maximum absolute atomic E-state index is 12.1. The summed E-state index contributed by atoms with van der Waals surface area (Å²) in [5.41, 5.74) is 0.300. The number of hydrogen-bond donors (Lipinski definition) is 1. The number of halogens is 1. The van der Waals surface area contributed by atoms with Gasteiger partial charge in [0.05, 0.1) is 17.0 Å². The van der Waals surface area contributed by atoms with Crippen LogP contribution >= 0.6 is 22.9 Å². The normalized spacial score (nSPS) is 11.5. The van der Waals surface area contributed by atoms with Crippen LogP contribution in [0.15, 0.2) is 35.7 Å². The summed E-state index contributed by atoms with van der Waals surface area (Å²) in [6.07, 6.45) is 0. The molecule has 2 aromatic rings. The van der Waals surface area contributed by atoms with Crippen molar-refractivity contribution in [3.63, 3.8) is 0 Å². The number of hydrogen-bond acceptors (Lipinski definition) is 6. The van der Waals surface area contributed by atoms with Crippen molar-refractivity contribution in [3.8, 4) is 5.75 Å². The molecule has 1 aromatic heterocycles. The number of Topliss-reactive ketones (excluding diaryl/α,β-unsaturated/α-hetero) is 1. The minimum absolute atomic E-state index is 0.288. The van der Waals surface area contributed by atoms with E-state index in [0.29, 0.717) is 16.2 Å². The molecule has 132 valence electrons. The molecule has 1 aromatic carbocycles. The lowest BCUT2D eigenvalue weighted by Crippen LogP contribution is -2.39. The number of benzene rings is 1. The minimum atomic E-state index is -0.873. The number of ether oxygens (including phenoxy) is 2. The number of rotatable bonds is 7. The number of methoxy groups -OCH3 is 1. The monoisotopic (exact) mass is 381 g/mol. The van der Waals surface area contributed by atoms with Gasteiger partial charge in [-0.1, -0.05) is 17.7 Å². The van der Waals surface area contributed by atoms with Gasteiger partial charge in [0.2, 0.25) is 0 Å². The van der Waals surface area contributed by atoms with Crippen molar-refractivity contribution in [1.29, 1.82) is 0 Å². The second-order valence-electron chi connectivity index (χ2n) is 5.05. The Labute approximate surface area is 153 Å². The van der Waals surface area contributed by atoms with Gasteiger partial charge >= 0.3 is 5.97 Å². The minimum Gasteiger partial charge on any atom is -0.495 e. The molecule has 1 unspecified atom stereocenters.